The summed E-state index contributed by atoms with van der Waals surface area (Å²) in [7, 11) is 0. The van der Waals surface area contributed by atoms with Crippen LogP contribution in [-0.2, 0) is 14.3 Å². The molecular weight excluding hydrogens is 1160 g/mol. The van der Waals surface area contributed by atoms with E-state index in [0.29, 0.717) is 79.9 Å². The normalized spacial score (nSPS) is 14.9. The molecule has 0 amide bonds. The fourth-order valence-electron chi connectivity index (χ4n) is 9.08. The van der Waals surface area contributed by atoms with Gasteiger partial charge in [0.25, 0.3) is 0 Å². The van der Waals surface area contributed by atoms with E-state index in [4.69, 9.17) is 39.5 Å². The van der Waals surface area contributed by atoms with Crippen molar-refractivity contribution in [3.05, 3.63) is 112 Å². The zero-order valence-corrected chi connectivity index (χ0v) is 49.5. The molecule has 3 aromatic carbocycles. The van der Waals surface area contributed by atoms with Crippen LogP contribution in [0.2, 0.25) is 15.7 Å². The highest BCUT2D eigenvalue weighted by molar-refractivity contribution is 6.33. The Balaban J connectivity index is 0.000000138. The summed E-state index contributed by atoms with van der Waals surface area (Å²) in [6, 6.07) is 7.57. The Morgan fingerprint density at radius 3 is 1.30 bits per heavy atom. The van der Waals surface area contributed by atoms with Crippen LogP contribution in [0.15, 0.2) is 61.3 Å². The van der Waals surface area contributed by atoms with E-state index in [1.165, 1.54) is 44.4 Å². The number of hydrogen-bond acceptors (Lipinski definition) is 14. The van der Waals surface area contributed by atoms with Crippen LogP contribution in [0.25, 0.3) is 67.3 Å². The van der Waals surface area contributed by atoms with E-state index in [0.717, 1.165) is 81.6 Å². The van der Waals surface area contributed by atoms with E-state index in [1.807, 2.05) is 55.2 Å². The Labute approximate surface area is 495 Å². The van der Waals surface area contributed by atoms with Crippen LogP contribution in [0.4, 0.5) is 38.0 Å². The van der Waals surface area contributed by atoms with Crippen molar-refractivity contribution in [3.8, 4) is 34.2 Å². The van der Waals surface area contributed by atoms with Gasteiger partial charge in [0.05, 0.1) is 56.4 Å². The largest absolute Gasteiger partial charge is 0.466 e. The molecule has 0 bridgehead atoms. The van der Waals surface area contributed by atoms with Crippen molar-refractivity contribution >= 4 is 85.5 Å². The number of hydrogen-bond donors (Lipinski definition) is 2. The van der Waals surface area contributed by atoms with Gasteiger partial charge in [0.2, 0.25) is 10.6 Å². The maximum Gasteiger partial charge on any atom is 0.302 e. The van der Waals surface area contributed by atoms with E-state index in [2.05, 4.69) is 60.2 Å². The van der Waals surface area contributed by atoms with Crippen LogP contribution in [0.3, 0.4) is 0 Å². The van der Waals surface area contributed by atoms with Gasteiger partial charge in [0, 0.05) is 104 Å². The topological polar surface area (TPSA) is 190 Å². The molecule has 17 nitrogen and oxygen atoms in total. The molecule has 13 rings (SSSR count). The minimum atomic E-state index is -0.932. The first kappa shape index (κ1) is 61.4. The molecule has 3 saturated carbocycles. The number of imidazole rings is 3. The van der Waals surface area contributed by atoms with Gasteiger partial charge in [0.15, 0.2) is 34.9 Å². The van der Waals surface area contributed by atoms with Crippen molar-refractivity contribution in [1.82, 2.24) is 58.6 Å². The molecule has 6 aromatic heterocycles. The Morgan fingerprint density at radius 1 is 0.560 bits per heavy atom. The number of aromatic nitrogens is 12. The highest BCUT2D eigenvalue weighted by Crippen LogP contribution is 2.45. The first-order chi connectivity index (χ1) is 39.9. The molecule has 2 N–H and O–H groups in total. The third kappa shape index (κ3) is 15.0. The van der Waals surface area contributed by atoms with E-state index >= 15 is 0 Å². The third-order valence-corrected chi connectivity index (χ3v) is 13.7. The average molecular weight is 1220 g/mol. The number of carbonyl (C=O) groups is 1. The smallest absolute Gasteiger partial charge is 0.302 e. The third-order valence-electron chi connectivity index (χ3n) is 13.0. The molecule has 0 radical (unpaired) electrons. The van der Waals surface area contributed by atoms with Crippen molar-refractivity contribution in [3.63, 3.8) is 0 Å². The molecular formula is C58H61Cl3F6N14O3. The zero-order chi connectivity index (χ0) is 60.4. The Hall–Kier alpha value is -7.21. The Kier molecular flexibility index (Phi) is 18.7. The van der Waals surface area contributed by atoms with Crippen LogP contribution < -0.4 is 10.6 Å². The minimum Gasteiger partial charge on any atom is -0.466 e. The zero-order valence-electron chi connectivity index (χ0n) is 47.3. The maximum atomic E-state index is 13.8. The Bertz CT molecular complexity index is 3860. The van der Waals surface area contributed by atoms with E-state index in [-0.39, 0.29) is 50.9 Å². The van der Waals surface area contributed by atoms with Gasteiger partial charge in [-0.05, 0) is 123 Å². The number of rotatable bonds is 9. The molecule has 9 aromatic rings. The second-order valence-electron chi connectivity index (χ2n) is 22.4. The summed E-state index contributed by atoms with van der Waals surface area (Å²) >= 11 is 17.8. The van der Waals surface area contributed by atoms with Crippen molar-refractivity contribution in [2.75, 3.05) is 30.5 Å². The lowest BCUT2D eigenvalue weighted by molar-refractivity contribution is -0.140. The molecule has 4 fully saturated rings. The molecule has 1 saturated heterocycles. The highest BCUT2D eigenvalue weighted by Gasteiger charge is 2.34. The number of halogens is 9. The summed E-state index contributed by atoms with van der Waals surface area (Å²) in [5.41, 5.74) is 4.30. The fourth-order valence-corrected chi connectivity index (χ4v) is 9.60. The monoisotopic (exact) mass is 1220 g/mol. The number of ether oxygens (including phenoxy) is 2. The van der Waals surface area contributed by atoms with Crippen LogP contribution >= 0.6 is 34.8 Å². The fraction of sp³-hybridized carbons (Fsp3) is 0.414. The van der Waals surface area contributed by atoms with Gasteiger partial charge < -0.3 is 33.8 Å². The molecule has 3 aliphatic carbocycles. The summed E-state index contributed by atoms with van der Waals surface area (Å²) in [4.78, 5) is 48.0. The summed E-state index contributed by atoms with van der Waals surface area (Å²) in [6.45, 7) is 17.8. The number of nitrogens with one attached hydrogen (secondary N) is 2. The van der Waals surface area contributed by atoms with Gasteiger partial charge >= 0.3 is 5.97 Å². The number of fused-ring (bicyclic) bond motifs is 3. The summed E-state index contributed by atoms with van der Waals surface area (Å²) in [5, 5.41) is 6.95. The number of carbonyl (C=O) groups excluding carboxylic acids is 1. The lowest BCUT2D eigenvalue weighted by atomic mass is 10.1. The summed E-state index contributed by atoms with van der Waals surface area (Å²) < 4.78 is 97.1. The van der Waals surface area contributed by atoms with Crippen LogP contribution in [0.5, 0.6) is 0 Å². The molecule has 1 aliphatic heterocycles. The van der Waals surface area contributed by atoms with Gasteiger partial charge in [-0.2, -0.15) is 0 Å². The van der Waals surface area contributed by atoms with Crippen molar-refractivity contribution in [2.45, 2.75) is 136 Å². The van der Waals surface area contributed by atoms with Crippen molar-refractivity contribution in [2.24, 2.45) is 0 Å². The molecule has 26 heteroatoms. The summed E-state index contributed by atoms with van der Waals surface area (Å²) in [5.74, 6) is -2.70. The lowest BCUT2D eigenvalue weighted by Gasteiger charge is -2.23. The molecule has 4 aliphatic rings. The first-order valence-corrected chi connectivity index (χ1v) is 28.4. The summed E-state index contributed by atoms with van der Waals surface area (Å²) in [6.07, 6.45) is 14.6. The quantitative estimate of drug-likeness (QED) is 0.0600. The van der Waals surface area contributed by atoms with E-state index in [9.17, 15) is 31.1 Å². The van der Waals surface area contributed by atoms with E-state index < -0.39 is 34.9 Å². The second-order valence-corrected chi connectivity index (χ2v) is 23.4. The second kappa shape index (κ2) is 25.6. The van der Waals surface area contributed by atoms with Crippen LogP contribution in [-0.4, -0.2) is 95.4 Å². The molecule has 7 heterocycles. The Morgan fingerprint density at radius 2 is 0.940 bits per heavy atom. The number of esters is 1. The van der Waals surface area contributed by atoms with Crippen LogP contribution in [0.1, 0.15) is 125 Å². The first-order valence-electron chi connectivity index (χ1n) is 27.3. The maximum absolute atomic E-state index is 13.8. The molecule has 0 atom stereocenters. The predicted octanol–water partition coefficient (Wildman–Crippen LogP) is 15.1. The van der Waals surface area contributed by atoms with Gasteiger partial charge in [0.1, 0.15) is 40.6 Å². The predicted molar refractivity (Wildman–Crippen MR) is 311 cm³/mol. The molecule has 444 valence electrons. The molecule has 0 spiro atoms. The van der Waals surface area contributed by atoms with Crippen LogP contribution in [0, 0.1) is 34.9 Å². The standard InChI is InChI=1S/C18H18ClF2N5.C18H19F2N5.C14H8Cl2F2N4.C4H8O2.C4H8O/c1-18(2,3)25-15-10(8-22-17(19)24-15)16-23-13-6-11(20)12(21)7-14(13)26(16)9-4-5-9;1-18(2,3)24-16-11(8-21-9-22-16)17-23-14-6-12(19)13(20)7-15(14)25(17)10-4-5-10;15-12-7(5-19-14(16)21-12)13-20-10-3-8(17)9(18)4-11(10)22(13)6-1-2-6;1-3-6-4(2)5;1-2-4-5-3-1/h6-9H,4-5H2,1-3H3,(H,22,24,25);6-10H,4-5H2,1-3H3,(H,21,22,24);3-6H,1-2H2;3H2,1-2H3;1-4H2. The van der Waals surface area contributed by atoms with E-state index in [1.54, 1.807) is 19.3 Å². The SMILES string of the molecule is C1CCOC1.CC(C)(C)Nc1nc(Cl)ncc1-c1nc2cc(F)c(F)cc2n1C1CC1.CC(C)(C)Nc1ncncc1-c1nc2cc(F)c(F)cc2n1C1CC1.CCOC(C)=O.Fc1cc2nc(-c3cnc(Cl)nc3Cl)n(C3CC3)c2cc1F. The van der Waals surface area contributed by atoms with Gasteiger partial charge in [-0.1, -0.05) is 11.6 Å². The lowest BCUT2D eigenvalue weighted by Crippen LogP contribution is -2.27. The average Bonchev–Trinajstić information content (AvgIpc) is 1.92. The van der Waals surface area contributed by atoms with Gasteiger partial charge in [-0.15, -0.1) is 0 Å². The van der Waals surface area contributed by atoms with Crippen molar-refractivity contribution < 1.29 is 40.6 Å². The number of nitrogens with zero attached hydrogens (tertiary/aromatic N) is 12. The molecule has 0 unspecified atom stereocenters. The number of anilines is 2. The minimum absolute atomic E-state index is 0.0277. The highest BCUT2D eigenvalue weighted by atomic mass is 35.5. The number of benzene rings is 3. The van der Waals surface area contributed by atoms with Gasteiger partial charge in [-0.3, -0.25) is 4.79 Å². The van der Waals surface area contributed by atoms with Gasteiger partial charge in [-0.25, -0.2) is 71.2 Å². The molecule has 84 heavy (non-hydrogen) atoms. The van der Waals surface area contributed by atoms with Crippen molar-refractivity contribution in [1.29, 1.82) is 0 Å².